The van der Waals surface area contributed by atoms with Gasteiger partial charge in [-0.05, 0) is 70.6 Å². The van der Waals surface area contributed by atoms with E-state index in [9.17, 15) is 0 Å². The number of nitrogens with zero attached hydrogens (tertiary/aromatic N) is 2. The first-order valence-corrected chi connectivity index (χ1v) is 12.6. The van der Waals surface area contributed by atoms with Crippen molar-refractivity contribution in [2.75, 3.05) is 0 Å². The van der Waals surface area contributed by atoms with Crippen LogP contribution >= 0.6 is 0 Å². The van der Waals surface area contributed by atoms with Crippen molar-refractivity contribution in [3.63, 3.8) is 0 Å². The summed E-state index contributed by atoms with van der Waals surface area (Å²) >= 11 is 0. The largest absolute Gasteiger partial charge is 0.293 e. The van der Waals surface area contributed by atoms with Crippen LogP contribution in [0.5, 0.6) is 0 Å². The third kappa shape index (κ3) is 3.22. The maximum atomic E-state index is 5.32. The first kappa shape index (κ1) is 20.9. The lowest BCUT2D eigenvalue weighted by Crippen LogP contribution is -2.02. The summed E-state index contributed by atoms with van der Waals surface area (Å²) in [5, 5.41) is 4.97. The van der Waals surface area contributed by atoms with Crippen molar-refractivity contribution >= 4 is 27.6 Å². The average molecular weight is 463 g/mol. The summed E-state index contributed by atoms with van der Waals surface area (Å²) < 4.78 is 2.35. The van der Waals surface area contributed by atoms with Crippen LogP contribution < -0.4 is 0 Å². The van der Waals surface area contributed by atoms with Crippen LogP contribution in [-0.4, -0.2) is 9.55 Å². The van der Waals surface area contributed by atoms with Gasteiger partial charge in [0.25, 0.3) is 0 Å². The highest BCUT2D eigenvalue weighted by atomic mass is 15.1. The molecule has 0 fully saturated rings. The molecule has 1 aliphatic carbocycles. The molecule has 2 heteroatoms. The fourth-order valence-corrected chi connectivity index (χ4v) is 5.65. The lowest BCUT2D eigenvalue weighted by Gasteiger charge is -2.19. The van der Waals surface area contributed by atoms with Crippen LogP contribution in [0.1, 0.15) is 23.4 Å². The first-order chi connectivity index (χ1) is 17.8. The number of aryl methyl sites for hydroxylation is 2. The van der Waals surface area contributed by atoms with Crippen molar-refractivity contribution in [3.05, 3.63) is 126 Å². The van der Waals surface area contributed by atoms with E-state index in [1.165, 1.54) is 55.2 Å². The second kappa shape index (κ2) is 8.35. The van der Waals surface area contributed by atoms with Crippen molar-refractivity contribution in [2.45, 2.75) is 19.8 Å². The molecule has 0 saturated carbocycles. The Morgan fingerprint density at radius 1 is 0.639 bits per heavy atom. The van der Waals surface area contributed by atoms with Gasteiger partial charge in [-0.15, -0.1) is 0 Å². The van der Waals surface area contributed by atoms with Crippen LogP contribution in [0.4, 0.5) is 0 Å². The normalized spacial score (nSPS) is 12.8. The summed E-state index contributed by atoms with van der Waals surface area (Å²) in [5.41, 5.74) is 8.51. The average Bonchev–Trinajstić information content (AvgIpc) is 3.32. The number of aromatic nitrogens is 2. The Morgan fingerprint density at radius 3 is 1.86 bits per heavy atom. The van der Waals surface area contributed by atoms with Crippen molar-refractivity contribution in [2.24, 2.45) is 0 Å². The topological polar surface area (TPSA) is 17.8 Å². The monoisotopic (exact) mass is 462 g/mol. The van der Waals surface area contributed by atoms with E-state index in [2.05, 4.69) is 127 Å². The predicted octanol–water partition coefficient (Wildman–Crippen LogP) is 8.78. The van der Waals surface area contributed by atoms with Gasteiger partial charge in [-0.3, -0.25) is 4.57 Å². The van der Waals surface area contributed by atoms with Gasteiger partial charge >= 0.3 is 0 Å². The van der Waals surface area contributed by atoms with Crippen LogP contribution in [-0.2, 0) is 6.42 Å². The van der Waals surface area contributed by atoms with Crippen molar-refractivity contribution in [1.29, 1.82) is 0 Å². The molecule has 5 aromatic carbocycles. The highest BCUT2D eigenvalue weighted by Gasteiger charge is 2.24. The molecule has 172 valence electrons. The smallest absolute Gasteiger partial charge is 0.146 e. The van der Waals surface area contributed by atoms with Crippen molar-refractivity contribution in [3.8, 4) is 28.2 Å². The van der Waals surface area contributed by atoms with Crippen LogP contribution in [0.15, 0.2) is 109 Å². The third-order valence-corrected chi connectivity index (χ3v) is 7.32. The highest BCUT2D eigenvalue weighted by Crippen LogP contribution is 2.44. The summed E-state index contributed by atoms with van der Waals surface area (Å²) in [6, 6.07) is 37.2. The lowest BCUT2D eigenvalue weighted by molar-refractivity contribution is 0.936. The number of hydrogen-bond donors (Lipinski definition) is 0. The number of imidazole rings is 1. The Bertz CT molecular complexity index is 1710. The molecule has 0 N–H and O–H groups in total. The van der Waals surface area contributed by atoms with E-state index >= 15 is 0 Å². The maximum absolute atomic E-state index is 5.32. The van der Waals surface area contributed by atoms with Crippen LogP contribution in [0.25, 0.3) is 55.8 Å². The quantitative estimate of drug-likeness (QED) is 0.240. The molecule has 0 unspecified atom stereocenters. The van der Waals surface area contributed by atoms with Crippen LogP contribution in [0.2, 0.25) is 0 Å². The predicted molar refractivity (Wildman–Crippen MR) is 152 cm³/mol. The number of rotatable bonds is 3. The highest BCUT2D eigenvalue weighted by molar-refractivity contribution is 6.20. The second-order valence-corrected chi connectivity index (χ2v) is 9.59. The number of hydrogen-bond acceptors (Lipinski definition) is 1. The van der Waals surface area contributed by atoms with Gasteiger partial charge in [-0.2, -0.15) is 0 Å². The zero-order chi connectivity index (χ0) is 24.1. The summed E-state index contributed by atoms with van der Waals surface area (Å²) in [4.78, 5) is 5.32. The summed E-state index contributed by atoms with van der Waals surface area (Å²) in [7, 11) is 0. The van der Waals surface area contributed by atoms with Gasteiger partial charge in [0.2, 0.25) is 0 Å². The molecule has 0 atom stereocenters. The van der Waals surface area contributed by atoms with E-state index < -0.39 is 0 Å². The van der Waals surface area contributed by atoms with Crippen LogP contribution in [0, 0.1) is 6.92 Å². The molecule has 0 aliphatic heterocycles. The van der Waals surface area contributed by atoms with Crippen LogP contribution in [0.3, 0.4) is 0 Å². The molecule has 7 rings (SSSR count). The van der Waals surface area contributed by atoms with Crippen molar-refractivity contribution in [1.82, 2.24) is 9.55 Å². The molecule has 36 heavy (non-hydrogen) atoms. The molecule has 1 aromatic heterocycles. The van der Waals surface area contributed by atoms with Gasteiger partial charge in [0.05, 0.1) is 11.4 Å². The third-order valence-electron chi connectivity index (χ3n) is 7.32. The lowest BCUT2D eigenvalue weighted by atomic mass is 9.88. The molecular formula is C34H26N2. The van der Waals surface area contributed by atoms with Crippen molar-refractivity contribution < 1.29 is 0 Å². The first-order valence-electron chi connectivity index (χ1n) is 12.6. The maximum Gasteiger partial charge on any atom is 0.146 e. The minimum absolute atomic E-state index is 0.968. The van der Waals surface area contributed by atoms with E-state index in [0.717, 1.165) is 24.4 Å². The zero-order valence-corrected chi connectivity index (χ0v) is 20.3. The Hall–Kier alpha value is -4.43. The number of allylic oxidation sites excluding steroid dienone is 1. The minimum Gasteiger partial charge on any atom is -0.293 e. The number of benzene rings is 5. The number of fused-ring (bicyclic) bond motifs is 3. The van der Waals surface area contributed by atoms with E-state index in [1.807, 2.05) is 0 Å². The van der Waals surface area contributed by atoms with Gasteiger partial charge in [-0.1, -0.05) is 103 Å². The second-order valence-electron chi connectivity index (χ2n) is 9.59. The summed E-state index contributed by atoms with van der Waals surface area (Å²) in [5.74, 6) is 1.01. The van der Waals surface area contributed by atoms with E-state index in [0.29, 0.717) is 0 Å². The molecule has 0 amide bonds. The van der Waals surface area contributed by atoms with Gasteiger partial charge in [0.15, 0.2) is 0 Å². The molecule has 1 aliphatic rings. The fourth-order valence-electron chi connectivity index (χ4n) is 5.65. The minimum atomic E-state index is 0.968. The number of para-hydroxylation sites is 1. The molecule has 0 saturated heterocycles. The van der Waals surface area contributed by atoms with Gasteiger partial charge in [0, 0.05) is 11.3 Å². The molecule has 1 heterocycles. The summed E-state index contributed by atoms with van der Waals surface area (Å²) in [6.07, 6.45) is 6.51. The van der Waals surface area contributed by atoms with Gasteiger partial charge in [-0.25, -0.2) is 4.98 Å². The summed E-state index contributed by atoms with van der Waals surface area (Å²) in [6.45, 7) is 2.14. The van der Waals surface area contributed by atoms with Gasteiger partial charge in [0.1, 0.15) is 5.82 Å². The standard InChI is InChI=1S/C34H26N2/c1-23-19-21-24(22-20-23)32-26-13-5-7-15-28(26)33(29-16-8-6-14-27(29)32)34-35-30-17-9-10-18-31(30)36(34)25-11-3-2-4-12-25/h2-8,10-16,18-22H,9,17H2,1H3. The Morgan fingerprint density at radius 2 is 1.22 bits per heavy atom. The van der Waals surface area contributed by atoms with Gasteiger partial charge < -0.3 is 0 Å². The van der Waals surface area contributed by atoms with E-state index in [1.54, 1.807) is 0 Å². The zero-order valence-electron chi connectivity index (χ0n) is 20.3. The molecule has 0 bridgehead atoms. The van der Waals surface area contributed by atoms with E-state index in [4.69, 9.17) is 4.98 Å². The fraction of sp³-hybridized carbons (Fsp3) is 0.0882. The Kier molecular flexibility index (Phi) is 4.85. The molecule has 0 radical (unpaired) electrons. The molecular weight excluding hydrogens is 436 g/mol. The molecule has 2 nitrogen and oxygen atoms in total. The van der Waals surface area contributed by atoms with E-state index in [-0.39, 0.29) is 0 Å². The Balaban J connectivity index is 1.64. The molecule has 0 spiro atoms. The SMILES string of the molecule is Cc1ccc(-c2c3ccccc3c(-c3nc4c(n3-c3ccccc3)C=CCC4)c3ccccc23)cc1. The Labute approximate surface area is 211 Å². The molecule has 6 aromatic rings.